The molecule has 2 amide bonds. The maximum Gasteiger partial charge on any atom is 0.573 e. The van der Waals surface area contributed by atoms with Gasteiger partial charge in [0.05, 0.1) is 10.7 Å². The number of hydrogen-bond donors (Lipinski definition) is 2. The van der Waals surface area contributed by atoms with E-state index in [0.717, 1.165) is 35.2 Å². The SMILES string of the molecule is O=C(CSc1nnc(NC(=O)c2ccc([N+](=O)[O-])cc2)s1)Nc1ccc(OC(F)(F)F)cc1. The van der Waals surface area contributed by atoms with Gasteiger partial charge in [0.25, 0.3) is 11.6 Å². The Kier molecular flexibility index (Phi) is 7.44. The number of carbonyl (C=O) groups excluding carboxylic acids is 2. The first-order chi connectivity index (χ1) is 15.6. The van der Waals surface area contributed by atoms with E-state index in [2.05, 4.69) is 25.6 Å². The molecule has 0 aliphatic rings. The van der Waals surface area contributed by atoms with Crippen LogP contribution in [-0.4, -0.2) is 39.1 Å². The van der Waals surface area contributed by atoms with Crippen LogP contribution in [0.4, 0.5) is 29.7 Å². The molecule has 3 rings (SSSR count). The van der Waals surface area contributed by atoms with E-state index in [-0.39, 0.29) is 27.8 Å². The van der Waals surface area contributed by atoms with Crippen LogP contribution in [0.15, 0.2) is 52.9 Å². The molecule has 0 aliphatic heterocycles. The van der Waals surface area contributed by atoms with Gasteiger partial charge in [0.2, 0.25) is 11.0 Å². The summed E-state index contributed by atoms with van der Waals surface area (Å²) in [5, 5.41) is 23.5. The van der Waals surface area contributed by atoms with Gasteiger partial charge in [-0.25, -0.2) is 0 Å². The van der Waals surface area contributed by atoms with Gasteiger partial charge < -0.3 is 10.1 Å². The van der Waals surface area contributed by atoms with Gasteiger partial charge in [-0.3, -0.25) is 25.0 Å². The fraction of sp³-hybridized carbons (Fsp3) is 0.111. The first kappa shape index (κ1) is 23.9. The molecule has 0 aliphatic carbocycles. The van der Waals surface area contributed by atoms with E-state index < -0.39 is 28.8 Å². The minimum atomic E-state index is -4.80. The number of ether oxygens (including phenoxy) is 1. The average molecular weight is 499 g/mol. The molecule has 10 nitrogen and oxygen atoms in total. The molecule has 0 spiro atoms. The highest BCUT2D eigenvalue weighted by molar-refractivity contribution is 8.01. The maximum absolute atomic E-state index is 12.2. The summed E-state index contributed by atoms with van der Waals surface area (Å²) in [5.74, 6) is -1.44. The van der Waals surface area contributed by atoms with Crippen LogP contribution in [0.2, 0.25) is 0 Å². The minimum Gasteiger partial charge on any atom is -0.406 e. The number of thioether (sulfide) groups is 1. The predicted molar refractivity (Wildman–Crippen MR) is 113 cm³/mol. The number of carbonyl (C=O) groups is 2. The Balaban J connectivity index is 1.47. The molecule has 33 heavy (non-hydrogen) atoms. The predicted octanol–water partition coefficient (Wildman–Crippen LogP) is 4.33. The van der Waals surface area contributed by atoms with Gasteiger partial charge in [-0.1, -0.05) is 23.1 Å². The van der Waals surface area contributed by atoms with Gasteiger partial charge in [-0.2, -0.15) is 0 Å². The first-order valence-corrected chi connectivity index (χ1v) is 10.6. The van der Waals surface area contributed by atoms with Crippen molar-refractivity contribution >= 4 is 51.4 Å². The number of amides is 2. The zero-order chi connectivity index (χ0) is 24.0. The van der Waals surface area contributed by atoms with Crippen molar-refractivity contribution in [3.8, 4) is 5.75 Å². The summed E-state index contributed by atoms with van der Waals surface area (Å²) in [5.41, 5.74) is 0.324. The number of nitrogens with zero attached hydrogens (tertiary/aromatic N) is 3. The lowest BCUT2D eigenvalue weighted by atomic mass is 10.2. The van der Waals surface area contributed by atoms with E-state index in [1.165, 1.54) is 36.4 Å². The van der Waals surface area contributed by atoms with Gasteiger partial charge in [0.15, 0.2) is 4.34 Å². The third-order valence-corrected chi connectivity index (χ3v) is 5.64. The van der Waals surface area contributed by atoms with Gasteiger partial charge in [0.1, 0.15) is 5.75 Å². The molecule has 3 aromatic rings. The van der Waals surface area contributed by atoms with Crippen LogP contribution in [-0.2, 0) is 4.79 Å². The molecule has 0 atom stereocenters. The summed E-state index contributed by atoms with van der Waals surface area (Å²) in [4.78, 5) is 34.3. The number of nitrogens with one attached hydrogen (secondary N) is 2. The summed E-state index contributed by atoms with van der Waals surface area (Å²) in [7, 11) is 0. The molecule has 1 aromatic heterocycles. The summed E-state index contributed by atoms with van der Waals surface area (Å²) in [6, 6.07) is 9.67. The minimum absolute atomic E-state index is 0.0638. The van der Waals surface area contributed by atoms with Crippen molar-refractivity contribution in [1.29, 1.82) is 0 Å². The van der Waals surface area contributed by atoms with Crippen LogP contribution < -0.4 is 15.4 Å². The first-order valence-electron chi connectivity index (χ1n) is 8.77. The Morgan fingerprint density at radius 1 is 1.06 bits per heavy atom. The molecule has 0 saturated heterocycles. The third-order valence-electron chi connectivity index (χ3n) is 3.67. The molecule has 0 fully saturated rings. The molecular formula is C18H12F3N5O5S2. The zero-order valence-electron chi connectivity index (χ0n) is 16.2. The lowest BCUT2D eigenvalue weighted by Crippen LogP contribution is -2.17. The molecule has 0 radical (unpaired) electrons. The van der Waals surface area contributed by atoms with Gasteiger partial charge >= 0.3 is 6.36 Å². The van der Waals surface area contributed by atoms with Crippen LogP contribution in [0, 0.1) is 10.1 Å². The smallest absolute Gasteiger partial charge is 0.406 e. The highest BCUT2D eigenvalue weighted by Crippen LogP contribution is 2.27. The number of hydrogen-bond acceptors (Lipinski definition) is 9. The van der Waals surface area contributed by atoms with Crippen molar-refractivity contribution in [1.82, 2.24) is 10.2 Å². The average Bonchev–Trinajstić information content (AvgIpc) is 3.20. The number of rotatable bonds is 8. The Bertz CT molecular complexity index is 1150. The Morgan fingerprint density at radius 2 is 1.73 bits per heavy atom. The van der Waals surface area contributed by atoms with E-state index in [9.17, 15) is 32.9 Å². The Labute approximate surface area is 191 Å². The third kappa shape index (κ3) is 7.43. The Morgan fingerprint density at radius 3 is 2.33 bits per heavy atom. The van der Waals surface area contributed by atoms with Gasteiger partial charge in [-0.15, -0.1) is 23.4 Å². The monoisotopic (exact) mass is 499 g/mol. The number of aromatic nitrogens is 2. The molecule has 1 heterocycles. The number of alkyl halides is 3. The van der Waals surface area contributed by atoms with E-state index in [4.69, 9.17) is 0 Å². The molecular weight excluding hydrogens is 487 g/mol. The van der Waals surface area contributed by atoms with Crippen molar-refractivity contribution < 1.29 is 32.4 Å². The van der Waals surface area contributed by atoms with E-state index >= 15 is 0 Å². The summed E-state index contributed by atoms with van der Waals surface area (Å²) in [6.07, 6.45) is -4.80. The molecule has 2 N–H and O–H groups in total. The van der Waals surface area contributed by atoms with Crippen LogP contribution in [0.5, 0.6) is 5.75 Å². The zero-order valence-corrected chi connectivity index (χ0v) is 17.8. The lowest BCUT2D eigenvalue weighted by molar-refractivity contribution is -0.384. The number of nitro groups is 1. The Hall–Kier alpha value is -3.72. The van der Waals surface area contributed by atoms with E-state index in [0.29, 0.717) is 4.34 Å². The maximum atomic E-state index is 12.2. The standard InChI is InChI=1S/C18H12F3N5O5S2/c19-18(20,21)31-13-7-3-11(4-8-13)22-14(27)9-32-17-25-24-16(33-17)23-15(28)10-1-5-12(6-2-10)26(29)30/h1-8H,9H2,(H,22,27)(H,23,24,28). The molecule has 0 unspecified atom stereocenters. The van der Waals surface area contributed by atoms with Gasteiger partial charge in [0, 0.05) is 23.4 Å². The van der Waals surface area contributed by atoms with E-state index in [1.54, 1.807) is 0 Å². The van der Waals surface area contributed by atoms with Crippen molar-refractivity contribution in [2.75, 3.05) is 16.4 Å². The second kappa shape index (κ2) is 10.3. The summed E-state index contributed by atoms with van der Waals surface area (Å²) >= 11 is 2.06. The topological polar surface area (TPSA) is 136 Å². The van der Waals surface area contributed by atoms with Crippen LogP contribution in [0.1, 0.15) is 10.4 Å². The molecule has 2 aromatic carbocycles. The van der Waals surface area contributed by atoms with Gasteiger partial charge in [-0.05, 0) is 36.4 Å². The molecule has 172 valence electrons. The van der Waals surface area contributed by atoms with Crippen molar-refractivity contribution in [3.63, 3.8) is 0 Å². The fourth-order valence-corrected chi connectivity index (χ4v) is 3.83. The van der Waals surface area contributed by atoms with Crippen molar-refractivity contribution in [2.45, 2.75) is 10.7 Å². The number of nitro benzene ring substituents is 1. The van der Waals surface area contributed by atoms with E-state index in [1.807, 2.05) is 0 Å². The number of anilines is 2. The second-order valence-electron chi connectivity index (χ2n) is 6.04. The number of benzene rings is 2. The second-order valence-corrected chi connectivity index (χ2v) is 8.24. The lowest BCUT2D eigenvalue weighted by Gasteiger charge is -2.09. The van der Waals surface area contributed by atoms with Crippen LogP contribution in [0.3, 0.4) is 0 Å². The number of non-ortho nitro benzene ring substituents is 1. The molecule has 0 bridgehead atoms. The largest absolute Gasteiger partial charge is 0.573 e. The van der Waals surface area contributed by atoms with Crippen LogP contribution in [0.25, 0.3) is 0 Å². The van der Waals surface area contributed by atoms with Crippen molar-refractivity contribution in [3.05, 3.63) is 64.2 Å². The summed E-state index contributed by atoms with van der Waals surface area (Å²) < 4.78 is 40.6. The van der Waals surface area contributed by atoms with Crippen LogP contribution >= 0.6 is 23.1 Å². The quantitative estimate of drug-likeness (QED) is 0.202. The van der Waals surface area contributed by atoms with Crippen molar-refractivity contribution in [2.24, 2.45) is 0 Å². The fourth-order valence-electron chi connectivity index (χ4n) is 2.29. The highest BCUT2D eigenvalue weighted by Gasteiger charge is 2.31. The molecule has 0 saturated carbocycles. The normalized spacial score (nSPS) is 11.0. The highest BCUT2D eigenvalue weighted by atomic mass is 32.2. The number of halogens is 3. The summed E-state index contributed by atoms with van der Waals surface area (Å²) in [6.45, 7) is 0. The molecule has 15 heteroatoms.